The smallest absolute Gasteiger partial charge is 0.243 e. The molecular formula is C28H26N2O5S. The second-order valence-corrected chi connectivity index (χ2v) is 10.6. The van der Waals surface area contributed by atoms with E-state index in [1.807, 2.05) is 55.5 Å². The van der Waals surface area contributed by atoms with Crippen molar-refractivity contribution in [2.45, 2.75) is 24.5 Å². The van der Waals surface area contributed by atoms with Crippen LogP contribution in [0.3, 0.4) is 0 Å². The molecule has 184 valence electrons. The van der Waals surface area contributed by atoms with Crippen molar-refractivity contribution in [2.24, 2.45) is 5.16 Å². The van der Waals surface area contributed by atoms with Gasteiger partial charge in [0.05, 0.1) is 17.7 Å². The molecule has 8 heteroatoms. The molecule has 0 saturated carbocycles. The van der Waals surface area contributed by atoms with Crippen LogP contribution in [0, 0.1) is 6.92 Å². The molecule has 0 saturated heterocycles. The maximum atomic E-state index is 13.4. The first-order chi connectivity index (χ1) is 17.4. The summed E-state index contributed by atoms with van der Waals surface area (Å²) in [5.74, 6) is 0.471. The molecule has 1 aliphatic carbocycles. The maximum Gasteiger partial charge on any atom is 0.243 e. The lowest BCUT2D eigenvalue weighted by molar-refractivity contribution is 0.0296. The van der Waals surface area contributed by atoms with Crippen molar-refractivity contribution in [1.29, 1.82) is 0 Å². The third-order valence-electron chi connectivity index (χ3n) is 6.06. The molecule has 1 heterocycles. The molecule has 0 unspecified atom stereocenters. The Balaban J connectivity index is 1.33. The van der Waals surface area contributed by atoms with E-state index in [2.05, 4.69) is 5.16 Å². The maximum absolute atomic E-state index is 13.4. The van der Waals surface area contributed by atoms with E-state index < -0.39 is 16.1 Å². The molecule has 0 amide bonds. The van der Waals surface area contributed by atoms with Crippen LogP contribution in [-0.4, -0.2) is 42.8 Å². The van der Waals surface area contributed by atoms with Crippen LogP contribution in [-0.2, 0) is 21.4 Å². The zero-order chi connectivity index (χ0) is 25.1. The van der Waals surface area contributed by atoms with Crippen molar-refractivity contribution in [3.05, 3.63) is 114 Å². The van der Waals surface area contributed by atoms with Crippen molar-refractivity contribution in [3.63, 3.8) is 0 Å². The fraction of sp³-hybridized carbons (Fsp3) is 0.179. The number of aliphatic hydroxyl groups is 1. The Morgan fingerprint density at radius 1 is 0.889 bits per heavy atom. The topological polar surface area (TPSA) is 92.3 Å². The van der Waals surface area contributed by atoms with Crippen LogP contribution in [0.15, 0.2) is 106 Å². The van der Waals surface area contributed by atoms with Crippen LogP contribution in [0.4, 0.5) is 0 Å². The summed E-state index contributed by atoms with van der Waals surface area (Å²) in [6.07, 6.45) is 0.371. The molecule has 0 bridgehead atoms. The zero-order valence-electron chi connectivity index (χ0n) is 19.7. The predicted molar refractivity (Wildman–Crippen MR) is 137 cm³/mol. The predicted octanol–water partition coefficient (Wildman–Crippen LogP) is 4.59. The summed E-state index contributed by atoms with van der Waals surface area (Å²) in [5, 5.41) is 15.1. The molecule has 4 aromatic rings. The fourth-order valence-corrected chi connectivity index (χ4v) is 5.70. The first kappa shape index (κ1) is 24.0. The van der Waals surface area contributed by atoms with Gasteiger partial charge in [-0.15, -0.1) is 0 Å². The second kappa shape index (κ2) is 10.1. The molecule has 0 fully saturated rings. The summed E-state index contributed by atoms with van der Waals surface area (Å²) in [7, 11) is -3.89. The van der Waals surface area contributed by atoms with Crippen molar-refractivity contribution < 1.29 is 22.8 Å². The van der Waals surface area contributed by atoms with Gasteiger partial charge in [-0.2, -0.15) is 4.31 Å². The SMILES string of the molecule is Cc1ccc(S(=O)(=O)N(Cc2ccco2)C[C@@H](O)CON=C2c3ccccc3-c3ccccc32)cc1. The van der Waals surface area contributed by atoms with Crippen LogP contribution in [0.2, 0.25) is 0 Å². The van der Waals surface area contributed by atoms with Crippen molar-refractivity contribution in [3.8, 4) is 11.1 Å². The van der Waals surface area contributed by atoms with Gasteiger partial charge >= 0.3 is 0 Å². The average Bonchev–Trinajstić information content (AvgIpc) is 3.51. The van der Waals surface area contributed by atoms with E-state index in [0.717, 1.165) is 27.8 Å². The number of sulfonamides is 1. The van der Waals surface area contributed by atoms with E-state index >= 15 is 0 Å². The van der Waals surface area contributed by atoms with Crippen LogP contribution in [0.25, 0.3) is 11.1 Å². The highest BCUT2D eigenvalue weighted by Gasteiger charge is 2.29. The molecule has 7 nitrogen and oxygen atoms in total. The van der Waals surface area contributed by atoms with Crippen LogP contribution < -0.4 is 0 Å². The quantitative estimate of drug-likeness (QED) is 0.298. The van der Waals surface area contributed by atoms with Crippen LogP contribution >= 0.6 is 0 Å². The van der Waals surface area contributed by atoms with Gasteiger partial charge in [0.15, 0.2) is 0 Å². The monoisotopic (exact) mass is 502 g/mol. The van der Waals surface area contributed by atoms with Gasteiger partial charge in [0.25, 0.3) is 0 Å². The molecule has 1 aromatic heterocycles. The third kappa shape index (κ3) is 4.83. The van der Waals surface area contributed by atoms with E-state index in [1.165, 1.54) is 10.6 Å². The van der Waals surface area contributed by atoms with Gasteiger partial charge in [0, 0.05) is 17.7 Å². The number of benzene rings is 3. The lowest BCUT2D eigenvalue weighted by Crippen LogP contribution is -2.38. The normalized spacial score (nSPS) is 13.4. The highest BCUT2D eigenvalue weighted by atomic mass is 32.2. The number of aryl methyl sites for hydroxylation is 1. The number of furan rings is 1. The number of rotatable bonds is 9. The van der Waals surface area contributed by atoms with Crippen molar-refractivity contribution in [1.82, 2.24) is 4.31 Å². The van der Waals surface area contributed by atoms with E-state index in [9.17, 15) is 13.5 Å². The zero-order valence-corrected chi connectivity index (χ0v) is 20.6. The Hall–Kier alpha value is -3.72. The van der Waals surface area contributed by atoms with Crippen LogP contribution in [0.5, 0.6) is 0 Å². The van der Waals surface area contributed by atoms with E-state index in [0.29, 0.717) is 11.5 Å². The van der Waals surface area contributed by atoms with E-state index in [4.69, 9.17) is 9.25 Å². The summed E-state index contributed by atoms with van der Waals surface area (Å²) >= 11 is 0. The summed E-state index contributed by atoms with van der Waals surface area (Å²) in [4.78, 5) is 5.70. The number of hydrogen-bond acceptors (Lipinski definition) is 6. The molecule has 0 aliphatic heterocycles. The lowest BCUT2D eigenvalue weighted by Gasteiger charge is -2.23. The van der Waals surface area contributed by atoms with Gasteiger partial charge in [-0.05, 0) is 42.3 Å². The molecule has 1 N–H and O–H groups in total. The Bertz CT molecular complexity index is 1430. The second-order valence-electron chi connectivity index (χ2n) is 8.67. The molecule has 36 heavy (non-hydrogen) atoms. The van der Waals surface area contributed by atoms with Crippen LogP contribution in [0.1, 0.15) is 22.5 Å². The molecule has 5 rings (SSSR count). The molecular weight excluding hydrogens is 476 g/mol. The lowest BCUT2D eigenvalue weighted by atomic mass is 10.1. The molecule has 3 aromatic carbocycles. The summed E-state index contributed by atoms with van der Waals surface area (Å²) < 4.78 is 33.3. The number of fused-ring (bicyclic) bond motifs is 3. The molecule has 0 radical (unpaired) electrons. The van der Waals surface area contributed by atoms with Gasteiger partial charge in [-0.25, -0.2) is 8.42 Å². The summed E-state index contributed by atoms with van der Waals surface area (Å²) in [5.41, 5.74) is 5.70. The number of nitrogens with zero attached hydrogens (tertiary/aromatic N) is 2. The first-order valence-electron chi connectivity index (χ1n) is 11.6. The van der Waals surface area contributed by atoms with Gasteiger partial charge in [0.1, 0.15) is 24.2 Å². The largest absolute Gasteiger partial charge is 0.468 e. The first-order valence-corrected chi connectivity index (χ1v) is 13.0. The minimum Gasteiger partial charge on any atom is -0.468 e. The Morgan fingerprint density at radius 2 is 1.50 bits per heavy atom. The number of aliphatic hydroxyl groups excluding tert-OH is 1. The fourth-order valence-electron chi connectivity index (χ4n) is 4.25. The van der Waals surface area contributed by atoms with Gasteiger partial charge in [-0.1, -0.05) is 71.4 Å². The summed E-state index contributed by atoms with van der Waals surface area (Å²) in [6.45, 7) is 1.51. The number of oxime groups is 1. The Kier molecular flexibility index (Phi) is 6.73. The average molecular weight is 503 g/mol. The van der Waals surface area contributed by atoms with E-state index in [-0.39, 0.29) is 24.6 Å². The minimum atomic E-state index is -3.89. The van der Waals surface area contributed by atoms with E-state index in [1.54, 1.807) is 36.4 Å². The standard InChI is InChI=1S/C28H26N2O5S/c1-20-12-14-23(15-13-20)36(32,33)30(18-22-7-6-16-34-22)17-21(31)19-35-29-28-26-10-4-2-8-24(26)25-9-3-5-11-27(25)28/h2-16,21,31H,17-19H2,1H3/t21-/m1/s1. The highest BCUT2D eigenvalue weighted by molar-refractivity contribution is 7.89. The van der Waals surface area contributed by atoms with Crippen molar-refractivity contribution >= 4 is 15.7 Å². The minimum absolute atomic E-state index is 0.0183. The Labute approximate surface area is 210 Å². The van der Waals surface area contributed by atoms with Gasteiger partial charge in [0.2, 0.25) is 10.0 Å². The molecule has 1 aliphatic rings. The third-order valence-corrected chi connectivity index (χ3v) is 7.89. The van der Waals surface area contributed by atoms with Crippen molar-refractivity contribution in [2.75, 3.05) is 13.2 Å². The van der Waals surface area contributed by atoms with Gasteiger partial charge < -0.3 is 14.4 Å². The van der Waals surface area contributed by atoms with Gasteiger partial charge in [-0.3, -0.25) is 0 Å². The molecule has 0 spiro atoms. The molecule has 1 atom stereocenters. The Morgan fingerprint density at radius 3 is 2.08 bits per heavy atom. The summed E-state index contributed by atoms with van der Waals surface area (Å²) in [6, 6.07) is 25.9. The number of hydrogen-bond donors (Lipinski definition) is 1. The highest BCUT2D eigenvalue weighted by Crippen LogP contribution is 2.36.